The first kappa shape index (κ1) is 58.7. The highest BCUT2D eigenvalue weighted by Gasteiger charge is 2.52. The second-order valence-corrected chi connectivity index (χ2v) is 22.0. The van der Waals surface area contributed by atoms with Crippen LogP contribution in [0.15, 0.2) is 36.8 Å². The van der Waals surface area contributed by atoms with Crippen molar-refractivity contribution in [1.29, 1.82) is 0 Å². The highest BCUT2D eigenvalue weighted by atomic mass is 16.7. The molecular formula is C52H87N5O14. The van der Waals surface area contributed by atoms with Gasteiger partial charge in [-0.1, -0.05) is 32.9 Å². The maximum atomic E-state index is 14.5. The largest absolute Gasteiger partial charge is 0.459 e. The van der Waals surface area contributed by atoms with E-state index in [0.29, 0.717) is 45.3 Å². The van der Waals surface area contributed by atoms with E-state index < -0.39 is 101 Å². The van der Waals surface area contributed by atoms with Crippen LogP contribution in [-0.4, -0.2) is 180 Å². The molecule has 19 heteroatoms. The van der Waals surface area contributed by atoms with E-state index in [1.54, 1.807) is 60.0 Å². The molecule has 2 aromatic rings. The average molecular weight is 1010 g/mol. The van der Waals surface area contributed by atoms with Crippen molar-refractivity contribution in [1.82, 2.24) is 19.4 Å². The van der Waals surface area contributed by atoms with E-state index in [0.717, 1.165) is 11.3 Å². The molecular weight excluding hydrogens is 919 g/mol. The Morgan fingerprint density at radius 3 is 2.28 bits per heavy atom. The molecule has 3 fully saturated rings. The molecule has 4 heterocycles. The average Bonchev–Trinajstić information content (AvgIpc) is 3.78. The molecule has 5 N–H and O–H groups in total. The number of ether oxygens (including phenoxy) is 6. The second-order valence-electron chi connectivity index (χ2n) is 22.0. The van der Waals surface area contributed by atoms with Crippen LogP contribution in [0.1, 0.15) is 119 Å². The van der Waals surface area contributed by atoms with Gasteiger partial charge in [-0.25, -0.2) is 4.98 Å². The van der Waals surface area contributed by atoms with Crippen molar-refractivity contribution in [2.45, 2.75) is 217 Å². The number of likely N-dealkylation sites (N-methyl/N-ethyl adjacent to an activating group) is 2. The topological polar surface area (TPSA) is 241 Å². The van der Waals surface area contributed by atoms with Gasteiger partial charge < -0.3 is 68.3 Å². The van der Waals surface area contributed by atoms with Crippen LogP contribution in [-0.2, 0) is 52.6 Å². The van der Waals surface area contributed by atoms with Crippen molar-refractivity contribution in [3.8, 4) is 0 Å². The number of carbonyl (C=O) groups excluding carboxylic acids is 1. The summed E-state index contributed by atoms with van der Waals surface area (Å²) in [6.45, 7) is 19.7. The van der Waals surface area contributed by atoms with Gasteiger partial charge in [0.25, 0.3) is 5.69 Å². The molecule has 3 aliphatic heterocycles. The Bertz CT molecular complexity index is 1990. The second kappa shape index (κ2) is 24.9. The fraction of sp³-hybridized carbons (Fsp3) is 0.808. The van der Waals surface area contributed by atoms with E-state index >= 15 is 0 Å². The number of hydrogen-bond acceptors (Lipinski definition) is 17. The van der Waals surface area contributed by atoms with Gasteiger partial charge in [-0.15, -0.1) is 0 Å². The summed E-state index contributed by atoms with van der Waals surface area (Å²) in [5.41, 5.74) is -2.35. The van der Waals surface area contributed by atoms with Gasteiger partial charge in [0.2, 0.25) is 0 Å². The zero-order valence-electron chi connectivity index (χ0n) is 44.5. The Morgan fingerprint density at radius 2 is 1.65 bits per heavy atom. The van der Waals surface area contributed by atoms with Crippen molar-refractivity contribution in [2.24, 2.45) is 17.8 Å². The zero-order chi connectivity index (χ0) is 52.7. The normalized spacial score (nSPS) is 39.8. The van der Waals surface area contributed by atoms with Crippen LogP contribution >= 0.6 is 0 Å². The Kier molecular flexibility index (Phi) is 20.6. The molecule has 0 aliphatic carbocycles. The van der Waals surface area contributed by atoms with Gasteiger partial charge in [0.1, 0.15) is 23.9 Å². The Morgan fingerprint density at radius 1 is 0.972 bits per heavy atom. The Labute approximate surface area is 421 Å². The number of methoxy groups -OCH3 is 1. The summed E-state index contributed by atoms with van der Waals surface area (Å²) in [4.78, 5) is 33.9. The third-order valence-electron chi connectivity index (χ3n) is 15.9. The molecule has 0 bridgehead atoms. The highest BCUT2D eigenvalue weighted by molar-refractivity contribution is 5.73. The molecule has 3 aliphatic rings. The summed E-state index contributed by atoms with van der Waals surface area (Å²) in [6.07, 6.45) is -2.87. The maximum absolute atomic E-state index is 14.5. The number of nitro groups is 1. The molecule has 1 aromatic carbocycles. The summed E-state index contributed by atoms with van der Waals surface area (Å²) in [5.74, 6) is -2.48. The van der Waals surface area contributed by atoms with E-state index in [2.05, 4.69) is 16.8 Å². The first-order valence-electron chi connectivity index (χ1n) is 25.7. The predicted molar refractivity (Wildman–Crippen MR) is 265 cm³/mol. The fourth-order valence-electron chi connectivity index (χ4n) is 10.8. The molecule has 404 valence electrons. The van der Waals surface area contributed by atoms with Crippen LogP contribution in [0.2, 0.25) is 0 Å². The molecule has 0 spiro atoms. The molecule has 3 saturated heterocycles. The lowest BCUT2D eigenvalue weighted by Gasteiger charge is -2.48. The minimum atomic E-state index is -1.59. The summed E-state index contributed by atoms with van der Waals surface area (Å²) >= 11 is 0. The molecule has 0 radical (unpaired) electrons. The van der Waals surface area contributed by atoms with E-state index in [9.17, 15) is 40.4 Å². The van der Waals surface area contributed by atoms with Crippen LogP contribution in [0.5, 0.6) is 0 Å². The van der Waals surface area contributed by atoms with Gasteiger partial charge in [0.05, 0.1) is 64.6 Å². The van der Waals surface area contributed by atoms with E-state index in [4.69, 9.17) is 28.4 Å². The van der Waals surface area contributed by atoms with Gasteiger partial charge in [-0.05, 0) is 106 Å². The number of benzene rings is 1. The number of aromatic nitrogens is 2. The van der Waals surface area contributed by atoms with Crippen molar-refractivity contribution in [2.75, 3.05) is 34.3 Å². The number of carbonyl (C=O) groups is 1. The van der Waals surface area contributed by atoms with E-state index in [-0.39, 0.29) is 49.4 Å². The number of aryl methyl sites for hydroxylation is 2. The summed E-state index contributed by atoms with van der Waals surface area (Å²) in [6, 6.07) is 5.77. The van der Waals surface area contributed by atoms with Crippen molar-refractivity contribution >= 4 is 11.7 Å². The number of imidazole rings is 1. The smallest absolute Gasteiger partial charge is 0.311 e. The number of aliphatic hydroxyl groups is 5. The number of nitrogens with zero attached hydrogens (tertiary/aromatic N) is 5. The number of hydrogen-bond donors (Lipinski definition) is 5. The van der Waals surface area contributed by atoms with E-state index in [1.165, 1.54) is 19.2 Å². The number of aliphatic hydroxyl groups excluding tert-OH is 3. The van der Waals surface area contributed by atoms with E-state index in [1.807, 2.05) is 50.5 Å². The van der Waals surface area contributed by atoms with Gasteiger partial charge in [0.15, 0.2) is 12.6 Å². The lowest BCUT2D eigenvalue weighted by Crippen LogP contribution is -2.60. The molecule has 0 unspecified atom stereocenters. The third kappa shape index (κ3) is 15.0. The SMILES string of the molecule is CC[C@H]1OC(=O)[C@H](C)[C@@H](O[C@H]2C[C@@](C)(OC)[C@@H](O)[C@H](C)O2)[C@H](C)[C@@H](O[C@@H]2O[C@H](C)C[C@H](N(C)CCc3cn(CCc4ccc([N+](=O)[O-])cc4)cn3)[C@H]2O)[C@](C)(O)CC[C@@H](C)CN(C)[C@H](C)[C@@H](O)C[C@]1(C)O. The number of rotatable bonds is 14. The molecule has 5 rings (SSSR count). The van der Waals surface area contributed by atoms with Gasteiger partial charge in [0, 0.05) is 82.3 Å². The summed E-state index contributed by atoms with van der Waals surface area (Å²) < 4.78 is 40.4. The quantitative estimate of drug-likeness (QED) is 0.0984. The molecule has 19 nitrogen and oxygen atoms in total. The number of nitro benzene ring substituents is 1. The third-order valence-corrected chi connectivity index (χ3v) is 15.9. The van der Waals surface area contributed by atoms with Gasteiger partial charge in [-0.2, -0.15) is 0 Å². The van der Waals surface area contributed by atoms with Crippen LogP contribution in [0.4, 0.5) is 5.69 Å². The molecule has 18 atom stereocenters. The number of cyclic esters (lactones) is 1. The Balaban J connectivity index is 1.43. The monoisotopic (exact) mass is 1010 g/mol. The predicted octanol–water partition coefficient (Wildman–Crippen LogP) is 4.64. The zero-order valence-corrected chi connectivity index (χ0v) is 44.5. The lowest BCUT2D eigenvalue weighted by atomic mass is 9.78. The molecule has 1 aromatic heterocycles. The summed E-state index contributed by atoms with van der Waals surface area (Å²) in [5, 5.41) is 70.5. The molecule has 0 saturated carbocycles. The van der Waals surface area contributed by atoms with Crippen LogP contribution in [0.3, 0.4) is 0 Å². The standard InChI is InChI=1S/C52H87N5O14/c1-14-42-51(9,63)26-41(58)35(6)55(12)28-31(2)19-22-50(8,62)47(33(4)45(34(5)48(61)69-42)70-43-27-52(10,66-13)46(60)36(7)68-43)71-49-44(59)40(25-32(3)67-49)54(11)23-21-38-29-56(30-53-38)24-20-37-15-17-39(18-16-37)57(64)65/h15-18,29-36,40-47,49,58-60,62-63H,14,19-28H2,1-13H3/t31-,32-,33+,34-,35-,36+,40+,41+,42-,43+,44-,45+,46+,47-,49+,50-,51+,52-/m1/s1. The van der Waals surface area contributed by atoms with Crippen LogP contribution in [0.25, 0.3) is 0 Å². The first-order chi connectivity index (χ1) is 33.2. The number of esters is 1. The van der Waals surface area contributed by atoms with Gasteiger partial charge >= 0.3 is 5.97 Å². The summed E-state index contributed by atoms with van der Waals surface area (Å²) in [7, 11) is 5.36. The van der Waals surface area contributed by atoms with Crippen molar-refractivity contribution in [3.05, 3.63) is 58.2 Å². The van der Waals surface area contributed by atoms with Crippen molar-refractivity contribution < 1.29 is 63.7 Å². The molecule has 71 heavy (non-hydrogen) atoms. The Hall–Kier alpha value is -3.18. The van der Waals surface area contributed by atoms with Crippen molar-refractivity contribution in [3.63, 3.8) is 0 Å². The lowest BCUT2D eigenvalue weighted by molar-refractivity contribution is -0.384. The van der Waals surface area contributed by atoms with Gasteiger partial charge in [-0.3, -0.25) is 14.9 Å². The minimum Gasteiger partial charge on any atom is -0.459 e. The highest BCUT2D eigenvalue weighted by Crippen LogP contribution is 2.40. The number of non-ortho nitro benzene ring substituents is 1. The van der Waals surface area contributed by atoms with Crippen LogP contribution < -0.4 is 0 Å². The van der Waals surface area contributed by atoms with Crippen LogP contribution in [0, 0.1) is 27.9 Å². The fourth-order valence-corrected chi connectivity index (χ4v) is 10.8. The minimum absolute atomic E-state index is 0.0406. The molecule has 0 amide bonds. The maximum Gasteiger partial charge on any atom is 0.311 e. The first-order valence-corrected chi connectivity index (χ1v) is 25.7.